The lowest BCUT2D eigenvalue weighted by molar-refractivity contribution is 0.273. The first-order valence-electron chi connectivity index (χ1n) is 5.12. The fourth-order valence-corrected chi connectivity index (χ4v) is 1.92. The van der Waals surface area contributed by atoms with Crippen LogP contribution in [0.1, 0.15) is 5.69 Å². The fourth-order valence-electron chi connectivity index (χ4n) is 1.67. The molecule has 1 aromatic heterocycles. The van der Waals surface area contributed by atoms with Gasteiger partial charge >= 0.3 is 0 Å². The first kappa shape index (κ1) is 12.0. The van der Waals surface area contributed by atoms with E-state index in [1.54, 1.807) is 25.4 Å². The third-order valence-corrected chi connectivity index (χ3v) is 2.95. The van der Waals surface area contributed by atoms with Gasteiger partial charge in [0, 0.05) is 12.6 Å². The van der Waals surface area contributed by atoms with Crippen LogP contribution in [0, 0.1) is 0 Å². The lowest BCUT2D eigenvalue weighted by Crippen LogP contribution is -1.98. The molecule has 0 aliphatic carbocycles. The molecular weight excluding hydrogens is 240 g/mol. The van der Waals surface area contributed by atoms with E-state index in [1.807, 2.05) is 17.7 Å². The summed E-state index contributed by atoms with van der Waals surface area (Å²) in [5.41, 5.74) is 1.64. The van der Waals surface area contributed by atoms with Crippen LogP contribution in [0.5, 0.6) is 5.75 Å². The third kappa shape index (κ3) is 2.14. The number of aromatic nitrogens is 2. The van der Waals surface area contributed by atoms with Gasteiger partial charge in [0.05, 0.1) is 30.6 Å². The summed E-state index contributed by atoms with van der Waals surface area (Å²) in [5, 5.41) is 9.65. The zero-order valence-electron chi connectivity index (χ0n) is 9.64. The van der Waals surface area contributed by atoms with Crippen LogP contribution in [0.3, 0.4) is 0 Å². The molecule has 90 valence electrons. The summed E-state index contributed by atoms with van der Waals surface area (Å²) in [7, 11) is 3.43. The van der Waals surface area contributed by atoms with Crippen molar-refractivity contribution in [2.75, 3.05) is 7.11 Å². The predicted octanol–water partition coefficient (Wildman–Crippen LogP) is 2.24. The molecule has 0 spiro atoms. The maximum Gasteiger partial charge on any atom is 0.139 e. The summed E-state index contributed by atoms with van der Waals surface area (Å²) in [4.78, 5) is 4.26. The van der Waals surface area contributed by atoms with Crippen LogP contribution in [-0.2, 0) is 13.7 Å². The number of nitrogens with zero attached hydrogens (tertiary/aromatic N) is 2. The number of hydrogen-bond donors (Lipinski definition) is 1. The molecular formula is C12H13ClN2O2. The number of imidazole rings is 1. The molecule has 0 unspecified atom stereocenters. The molecule has 1 N–H and O–H groups in total. The lowest BCUT2D eigenvalue weighted by Gasteiger charge is -2.07. The highest BCUT2D eigenvalue weighted by atomic mass is 35.5. The molecule has 1 aromatic carbocycles. The van der Waals surface area contributed by atoms with Crippen LogP contribution < -0.4 is 4.74 Å². The van der Waals surface area contributed by atoms with Gasteiger partial charge in [-0.2, -0.15) is 0 Å². The zero-order valence-corrected chi connectivity index (χ0v) is 10.4. The second kappa shape index (κ2) is 4.77. The van der Waals surface area contributed by atoms with Crippen molar-refractivity contribution in [2.24, 2.45) is 7.05 Å². The van der Waals surface area contributed by atoms with Crippen molar-refractivity contribution in [3.05, 3.63) is 35.1 Å². The Labute approximate surface area is 104 Å². The number of hydrogen-bond acceptors (Lipinski definition) is 3. The summed E-state index contributed by atoms with van der Waals surface area (Å²) in [6.45, 7) is -0.0343. The number of halogens is 1. The minimum atomic E-state index is -0.0343. The molecule has 1 heterocycles. The molecule has 4 nitrogen and oxygen atoms in total. The first-order chi connectivity index (χ1) is 8.17. The maximum atomic E-state index is 9.11. The minimum absolute atomic E-state index is 0.0343. The number of aliphatic hydroxyl groups is 1. The quantitative estimate of drug-likeness (QED) is 0.911. The average molecular weight is 253 g/mol. The summed E-state index contributed by atoms with van der Waals surface area (Å²) in [6, 6.07) is 5.48. The molecule has 0 atom stereocenters. The van der Waals surface area contributed by atoms with E-state index in [-0.39, 0.29) is 6.61 Å². The van der Waals surface area contributed by atoms with Crippen molar-refractivity contribution in [1.29, 1.82) is 0 Å². The number of rotatable bonds is 3. The molecule has 0 radical (unpaired) electrons. The number of ether oxygens (including phenoxy) is 1. The largest absolute Gasteiger partial charge is 0.495 e. The monoisotopic (exact) mass is 252 g/mol. The Hall–Kier alpha value is -1.52. The average Bonchev–Trinajstić information content (AvgIpc) is 2.70. The fraction of sp³-hybridized carbons (Fsp3) is 0.250. The Kier molecular flexibility index (Phi) is 3.36. The molecule has 5 heteroatoms. The molecule has 0 saturated heterocycles. The second-order valence-electron chi connectivity index (χ2n) is 3.64. The Morgan fingerprint density at radius 2 is 2.24 bits per heavy atom. The molecule has 0 bridgehead atoms. The van der Waals surface area contributed by atoms with Gasteiger partial charge in [0.25, 0.3) is 0 Å². The summed E-state index contributed by atoms with van der Waals surface area (Å²) in [5.74, 6) is 1.39. The molecule has 0 saturated carbocycles. The van der Waals surface area contributed by atoms with Gasteiger partial charge in [-0.05, 0) is 18.2 Å². The van der Waals surface area contributed by atoms with E-state index in [4.69, 9.17) is 21.4 Å². The van der Waals surface area contributed by atoms with Crippen molar-refractivity contribution in [3.8, 4) is 17.1 Å². The lowest BCUT2D eigenvalue weighted by atomic mass is 10.2. The Balaban J connectivity index is 2.46. The van der Waals surface area contributed by atoms with Crippen LogP contribution in [0.15, 0.2) is 24.4 Å². The van der Waals surface area contributed by atoms with Gasteiger partial charge in [-0.1, -0.05) is 11.6 Å². The van der Waals surface area contributed by atoms with Gasteiger partial charge in [0.1, 0.15) is 11.6 Å². The van der Waals surface area contributed by atoms with E-state index in [9.17, 15) is 0 Å². The molecule has 2 aromatic rings. The van der Waals surface area contributed by atoms with E-state index < -0.39 is 0 Å². The van der Waals surface area contributed by atoms with Crippen molar-refractivity contribution < 1.29 is 9.84 Å². The number of benzene rings is 1. The summed E-state index contributed by atoms with van der Waals surface area (Å²) < 4.78 is 6.92. The highest BCUT2D eigenvalue weighted by Gasteiger charge is 2.10. The van der Waals surface area contributed by atoms with Gasteiger partial charge in [-0.15, -0.1) is 0 Å². The van der Waals surface area contributed by atoms with E-state index in [0.29, 0.717) is 10.8 Å². The SMILES string of the molecule is COc1ccc(-c2ncc(CO)n2C)cc1Cl. The van der Waals surface area contributed by atoms with Crippen molar-refractivity contribution in [1.82, 2.24) is 9.55 Å². The molecule has 0 aliphatic heterocycles. The first-order valence-corrected chi connectivity index (χ1v) is 5.50. The van der Waals surface area contributed by atoms with Crippen LogP contribution in [0.25, 0.3) is 11.4 Å². The smallest absolute Gasteiger partial charge is 0.139 e. The van der Waals surface area contributed by atoms with Gasteiger partial charge in [0.15, 0.2) is 0 Å². The maximum absolute atomic E-state index is 9.11. The number of methoxy groups -OCH3 is 1. The van der Waals surface area contributed by atoms with Crippen molar-refractivity contribution >= 4 is 11.6 Å². The van der Waals surface area contributed by atoms with E-state index in [2.05, 4.69) is 4.98 Å². The summed E-state index contributed by atoms with van der Waals surface area (Å²) in [6.07, 6.45) is 1.65. The van der Waals surface area contributed by atoms with Gasteiger partial charge < -0.3 is 14.4 Å². The van der Waals surface area contributed by atoms with Crippen LogP contribution in [-0.4, -0.2) is 21.8 Å². The van der Waals surface area contributed by atoms with Crippen LogP contribution in [0.4, 0.5) is 0 Å². The van der Waals surface area contributed by atoms with Crippen LogP contribution >= 0.6 is 11.6 Å². The van der Waals surface area contributed by atoms with Gasteiger partial charge in [-0.25, -0.2) is 4.98 Å². The second-order valence-corrected chi connectivity index (χ2v) is 4.05. The Bertz CT molecular complexity index is 537. The highest BCUT2D eigenvalue weighted by Crippen LogP contribution is 2.29. The van der Waals surface area contributed by atoms with Crippen molar-refractivity contribution in [2.45, 2.75) is 6.61 Å². The standard InChI is InChI=1S/C12H13ClN2O2/c1-15-9(7-16)6-14-12(15)8-3-4-11(17-2)10(13)5-8/h3-6,16H,7H2,1-2H3. The topological polar surface area (TPSA) is 47.3 Å². The third-order valence-electron chi connectivity index (χ3n) is 2.66. The molecule has 17 heavy (non-hydrogen) atoms. The normalized spacial score (nSPS) is 10.6. The van der Waals surface area contributed by atoms with Gasteiger partial charge in [0.2, 0.25) is 0 Å². The number of aliphatic hydroxyl groups excluding tert-OH is 1. The molecule has 2 rings (SSSR count). The molecule has 0 amide bonds. The van der Waals surface area contributed by atoms with Crippen molar-refractivity contribution in [3.63, 3.8) is 0 Å². The Morgan fingerprint density at radius 1 is 1.47 bits per heavy atom. The van der Waals surface area contributed by atoms with E-state index >= 15 is 0 Å². The summed E-state index contributed by atoms with van der Waals surface area (Å²) >= 11 is 6.06. The predicted molar refractivity (Wildman–Crippen MR) is 66.1 cm³/mol. The van der Waals surface area contributed by atoms with Crippen LogP contribution in [0.2, 0.25) is 5.02 Å². The van der Waals surface area contributed by atoms with E-state index in [1.165, 1.54) is 0 Å². The highest BCUT2D eigenvalue weighted by molar-refractivity contribution is 6.32. The molecule has 0 aliphatic rings. The molecule has 0 fully saturated rings. The van der Waals surface area contributed by atoms with Gasteiger partial charge in [-0.3, -0.25) is 0 Å². The Morgan fingerprint density at radius 3 is 2.76 bits per heavy atom. The minimum Gasteiger partial charge on any atom is -0.495 e. The van der Waals surface area contributed by atoms with E-state index in [0.717, 1.165) is 17.1 Å². The zero-order chi connectivity index (χ0) is 12.4.